The molecule has 0 fully saturated rings. The summed E-state index contributed by atoms with van der Waals surface area (Å²) >= 11 is 0. The van der Waals surface area contributed by atoms with E-state index in [0.29, 0.717) is 5.69 Å². The number of hydrogen-bond acceptors (Lipinski definition) is 2. The van der Waals surface area contributed by atoms with Crippen LogP contribution in [0.2, 0.25) is 0 Å². The smallest absolute Gasteiger partial charge is 0.228 e. The lowest BCUT2D eigenvalue weighted by atomic mass is 10.1. The molecule has 0 aromatic heterocycles. The highest BCUT2D eigenvalue weighted by Crippen LogP contribution is 2.17. The van der Waals surface area contributed by atoms with E-state index in [9.17, 15) is 9.18 Å². The Kier molecular flexibility index (Phi) is 5.44. The highest BCUT2D eigenvalue weighted by Gasteiger charge is 2.04. The van der Waals surface area contributed by atoms with Crippen molar-refractivity contribution in [1.82, 2.24) is 0 Å². The summed E-state index contributed by atoms with van der Waals surface area (Å²) in [5, 5.41) is 11.9. The van der Waals surface area contributed by atoms with Crippen molar-refractivity contribution in [3.8, 4) is 0 Å². The van der Waals surface area contributed by atoms with E-state index >= 15 is 0 Å². The summed E-state index contributed by atoms with van der Waals surface area (Å²) in [7, 11) is 0. The molecule has 1 amide bonds. The molecule has 0 unspecified atom stereocenters. The minimum absolute atomic E-state index is 0.0619. The van der Waals surface area contributed by atoms with E-state index in [1.54, 1.807) is 30.4 Å². The van der Waals surface area contributed by atoms with Crippen LogP contribution in [0.4, 0.5) is 10.1 Å². The fourth-order valence-electron chi connectivity index (χ4n) is 1.98. The van der Waals surface area contributed by atoms with Crippen LogP contribution in [-0.4, -0.2) is 11.0 Å². The molecule has 0 saturated carbocycles. The van der Waals surface area contributed by atoms with Gasteiger partial charge in [0.05, 0.1) is 6.61 Å². The zero-order chi connectivity index (χ0) is 15.9. The van der Waals surface area contributed by atoms with Gasteiger partial charge in [0.1, 0.15) is 5.82 Å². The average molecular weight is 299 g/mol. The van der Waals surface area contributed by atoms with Crippen molar-refractivity contribution >= 4 is 17.7 Å². The van der Waals surface area contributed by atoms with Gasteiger partial charge in [0, 0.05) is 12.1 Å². The highest BCUT2D eigenvalue weighted by atomic mass is 19.1. The van der Waals surface area contributed by atoms with E-state index in [2.05, 4.69) is 5.32 Å². The zero-order valence-corrected chi connectivity index (χ0v) is 12.3. The number of aliphatic hydroxyl groups is 1. The molecule has 0 heterocycles. The number of rotatable bonds is 5. The van der Waals surface area contributed by atoms with E-state index in [-0.39, 0.29) is 24.8 Å². The molecule has 2 N–H and O–H groups in total. The fourth-order valence-corrected chi connectivity index (χ4v) is 1.98. The first-order chi connectivity index (χ1) is 10.6. The van der Waals surface area contributed by atoms with Crippen LogP contribution in [0.5, 0.6) is 0 Å². The maximum absolute atomic E-state index is 12.8. The summed E-state index contributed by atoms with van der Waals surface area (Å²) in [6.07, 6.45) is 3.73. The molecule has 0 aliphatic rings. The van der Waals surface area contributed by atoms with Crippen LogP contribution in [0.15, 0.2) is 48.5 Å². The van der Waals surface area contributed by atoms with Crippen LogP contribution in [0.25, 0.3) is 6.08 Å². The number of halogens is 1. The first-order valence-electron chi connectivity index (χ1n) is 7.01. The Balaban J connectivity index is 1.94. The van der Waals surface area contributed by atoms with Crippen molar-refractivity contribution in [2.45, 2.75) is 20.0 Å². The van der Waals surface area contributed by atoms with E-state index < -0.39 is 0 Å². The lowest BCUT2D eigenvalue weighted by Crippen LogP contribution is -2.11. The largest absolute Gasteiger partial charge is 0.392 e. The van der Waals surface area contributed by atoms with Gasteiger partial charge in [-0.2, -0.15) is 0 Å². The Morgan fingerprint density at radius 1 is 1.23 bits per heavy atom. The van der Waals surface area contributed by atoms with Gasteiger partial charge in [0.25, 0.3) is 0 Å². The molecular weight excluding hydrogens is 281 g/mol. The van der Waals surface area contributed by atoms with Crippen LogP contribution >= 0.6 is 0 Å². The van der Waals surface area contributed by atoms with Crippen LogP contribution in [0.3, 0.4) is 0 Å². The number of carbonyl (C=O) groups is 1. The molecule has 114 valence electrons. The van der Waals surface area contributed by atoms with Crippen LogP contribution in [0, 0.1) is 12.7 Å². The third-order valence-electron chi connectivity index (χ3n) is 3.24. The van der Waals surface area contributed by atoms with Gasteiger partial charge in [0.15, 0.2) is 0 Å². The minimum Gasteiger partial charge on any atom is -0.392 e. The average Bonchev–Trinajstić information content (AvgIpc) is 2.51. The van der Waals surface area contributed by atoms with Crippen molar-refractivity contribution in [2.75, 3.05) is 5.32 Å². The van der Waals surface area contributed by atoms with Gasteiger partial charge >= 0.3 is 0 Å². The Hall–Kier alpha value is -2.46. The molecular formula is C18H18FNO2. The zero-order valence-electron chi connectivity index (χ0n) is 12.3. The van der Waals surface area contributed by atoms with E-state index in [4.69, 9.17) is 5.11 Å². The molecule has 2 aromatic carbocycles. The maximum atomic E-state index is 12.8. The number of nitrogens with one attached hydrogen (secondary N) is 1. The van der Waals surface area contributed by atoms with E-state index in [0.717, 1.165) is 16.7 Å². The summed E-state index contributed by atoms with van der Waals surface area (Å²) in [6, 6.07) is 11.5. The molecule has 0 aliphatic carbocycles. The molecule has 0 radical (unpaired) electrons. The van der Waals surface area contributed by atoms with Gasteiger partial charge in [-0.1, -0.05) is 36.4 Å². The molecule has 0 bridgehead atoms. The molecule has 0 atom stereocenters. The molecule has 2 aromatic rings. The summed E-state index contributed by atoms with van der Waals surface area (Å²) in [4.78, 5) is 11.9. The Morgan fingerprint density at radius 3 is 2.64 bits per heavy atom. The molecule has 22 heavy (non-hydrogen) atoms. The predicted octanol–water partition coefficient (Wildman–Crippen LogP) is 3.67. The number of anilines is 1. The SMILES string of the molecule is Cc1ccc(CO)cc1NC(=O)C/C=C/c1ccc(F)cc1. The van der Waals surface area contributed by atoms with Crippen LogP contribution in [0.1, 0.15) is 23.1 Å². The fraction of sp³-hybridized carbons (Fsp3) is 0.167. The standard InChI is InChI=1S/C18H18FNO2/c1-13-5-6-15(12-21)11-17(13)20-18(22)4-2-3-14-7-9-16(19)10-8-14/h2-3,5-11,21H,4,12H2,1H3,(H,20,22)/b3-2+. The Labute approximate surface area is 129 Å². The molecule has 0 aliphatic heterocycles. The van der Waals surface area contributed by atoms with E-state index in [1.807, 2.05) is 19.1 Å². The molecule has 0 spiro atoms. The Morgan fingerprint density at radius 2 is 1.95 bits per heavy atom. The molecule has 3 nitrogen and oxygen atoms in total. The highest BCUT2D eigenvalue weighted by molar-refractivity contribution is 5.92. The number of amides is 1. The van der Waals surface area contributed by atoms with Gasteiger partial charge < -0.3 is 10.4 Å². The summed E-state index contributed by atoms with van der Waals surface area (Å²) in [6.45, 7) is 1.83. The van der Waals surface area contributed by atoms with Crippen molar-refractivity contribution < 1.29 is 14.3 Å². The monoisotopic (exact) mass is 299 g/mol. The lowest BCUT2D eigenvalue weighted by Gasteiger charge is -2.09. The second kappa shape index (κ2) is 7.52. The summed E-state index contributed by atoms with van der Waals surface area (Å²) in [5.74, 6) is -0.425. The second-order valence-corrected chi connectivity index (χ2v) is 5.01. The number of benzene rings is 2. The normalized spacial score (nSPS) is 10.9. The van der Waals surface area contributed by atoms with Gasteiger partial charge in [-0.05, 0) is 41.8 Å². The topological polar surface area (TPSA) is 49.3 Å². The summed E-state index contributed by atoms with van der Waals surface area (Å²) in [5.41, 5.74) is 3.23. The van der Waals surface area contributed by atoms with E-state index in [1.165, 1.54) is 12.1 Å². The van der Waals surface area contributed by atoms with Gasteiger partial charge in [0.2, 0.25) is 5.91 Å². The van der Waals surface area contributed by atoms with Crippen molar-refractivity contribution in [1.29, 1.82) is 0 Å². The number of aryl methyl sites for hydroxylation is 1. The third kappa shape index (κ3) is 4.53. The quantitative estimate of drug-likeness (QED) is 0.885. The van der Waals surface area contributed by atoms with Crippen LogP contribution < -0.4 is 5.32 Å². The molecule has 2 rings (SSSR count). The number of aliphatic hydroxyl groups excluding tert-OH is 1. The second-order valence-electron chi connectivity index (χ2n) is 5.01. The minimum atomic E-state index is -0.283. The third-order valence-corrected chi connectivity index (χ3v) is 3.24. The van der Waals surface area contributed by atoms with Crippen molar-refractivity contribution in [2.24, 2.45) is 0 Å². The molecule has 4 heteroatoms. The summed E-state index contributed by atoms with van der Waals surface area (Å²) < 4.78 is 12.8. The Bertz CT molecular complexity index is 678. The van der Waals surface area contributed by atoms with Gasteiger partial charge in [-0.3, -0.25) is 4.79 Å². The van der Waals surface area contributed by atoms with Crippen molar-refractivity contribution in [3.05, 3.63) is 71.0 Å². The number of hydrogen-bond donors (Lipinski definition) is 2. The first kappa shape index (κ1) is 15.9. The maximum Gasteiger partial charge on any atom is 0.228 e. The van der Waals surface area contributed by atoms with Gasteiger partial charge in [-0.15, -0.1) is 0 Å². The molecule has 0 saturated heterocycles. The van der Waals surface area contributed by atoms with Crippen LogP contribution in [-0.2, 0) is 11.4 Å². The van der Waals surface area contributed by atoms with Crippen molar-refractivity contribution in [3.63, 3.8) is 0 Å². The van der Waals surface area contributed by atoms with Gasteiger partial charge in [-0.25, -0.2) is 4.39 Å². The number of carbonyl (C=O) groups excluding carboxylic acids is 1. The lowest BCUT2D eigenvalue weighted by molar-refractivity contribution is -0.115. The first-order valence-corrected chi connectivity index (χ1v) is 7.01. The predicted molar refractivity (Wildman–Crippen MR) is 85.8 cm³/mol.